The highest BCUT2D eigenvalue weighted by molar-refractivity contribution is 7.89. The van der Waals surface area contributed by atoms with Crippen LogP contribution in [-0.4, -0.2) is 38.4 Å². The molecule has 0 amide bonds. The fraction of sp³-hybridized carbons (Fsp3) is 0.684. The number of benzene rings is 1. The highest BCUT2D eigenvalue weighted by atomic mass is 32.2. The molecule has 0 unspecified atom stereocenters. The summed E-state index contributed by atoms with van der Waals surface area (Å²) in [5.74, 6) is 0.607. The molecule has 0 radical (unpaired) electrons. The molecule has 4 nitrogen and oxygen atoms in total. The molecule has 1 saturated heterocycles. The van der Waals surface area contributed by atoms with Gasteiger partial charge in [-0.3, -0.25) is 0 Å². The van der Waals surface area contributed by atoms with Crippen molar-refractivity contribution in [2.45, 2.75) is 62.3 Å². The third kappa shape index (κ3) is 4.58. The summed E-state index contributed by atoms with van der Waals surface area (Å²) in [7, 11) is -3.31. The first-order valence-corrected chi connectivity index (χ1v) is 10.9. The Balaban J connectivity index is 1.47. The molecular weight excluding hydrogens is 320 g/mol. The summed E-state index contributed by atoms with van der Waals surface area (Å²) in [6, 6.07) is 9.49. The van der Waals surface area contributed by atoms with Crippen LogP contribution in [0.25, 0.3) is 0 Å². The van der Waals surface area contributed by atoms with Crippen LogP contribution in [0.3, 0.4) is 0 Å². The Morgan fingerprint density at radius 2 is 1.54 bits per heavy atom. The molecule has 1 aromatic rings. The average molecular weight is 351 g/mol. The second-order valence-corrected chi connectivity index (χ2v) is 9.20. The Kier molecular flexibility index (Phi) is 6.31. The first-order chi connectivity index (χ1) is 11.7. The lowest BCUT2D eigenvalue weighted by Crippen LogP contribution is -2.42. The molecule has 1 aliphatic heterocycles. The zero-order valence-corrected chi connectivity index (χ0v) is 15.3. The molecular formula is C19H30N2O2S. The van der Waals surface area contributed by atoms with Crippen LogP contribution in [0.5, 0.6) is 0 Å². The molecule has 1 heterocycles. The van der Waals surface area contributed by atoms with Gasteiger partial charge in [-0.25, -0.2) is 8.42 Å². The summed E-state index contributed by atoms with van der Waals surface area (Å²) in [6.07, 6.45) is 10.0. The van der Waals surface area contributed by atoms with Crippen LogP contribution in [0.2, 0.25) is 0 Å². The van der Waals surface area contributed by atoms with Crippen LogP contribution >= 0.6 is 0 Å². The van der Waals surface area contributed by atoms with E-state index in [1.807, 2.05) is 6.07 Å². The van der Waals surface area contributed by atoms with Gasteiger partial charge in [-0.15, -0.1) is 0 Å². The largest absolute Gasteiger partial charge is 0.314 e. The van der Waals surface area contributed by atoms with E-state index in [4.69, 9.17) is 0 Å². The van der Waals surface area contributed by atoms with Crippen LogP contribution in [0.1, 0.15) is 51.4 Å². The normalized spacial score (nSPS) is 22.3. The lowest BCUT2D eigenvalue weighted by molar-refractivity contribution is 0.258. The fourth-order valence-corrected chi connectivity index (χ4v) is 5.40. The van der Waals surface area contributed by atoms with E-state index in [1.54, 1.807) is 28.6 Å². The number of sulfonamides is 1. The molecule has 5 heteroatoms. The third-order valence-corrected chi connectivity index (χ3v) is 7.42. The summed E-state index contributed by atoms with van der Waals surface area (Å²) in [5, 5.41) is 3.75. The predicted octanol–water partition coefficient (Wildman–Crippen LogP) is 3.40. The fourth-order valence-electron chi connectivity index (χ4n) is 3.91. The monoisotopic (exact) mass is 350 g/mol. The van der Waals surface area contributed by atoms with Crippen LogP contribution in [0.15, 0.2) is 35.2 Å². The van der Waals surface area contributed by atoms with Crippen LogP contribution in [0, 0.1) is 5.92 Å². The minimum absolute atomic E-state index is 0.417. The van der Waals surface area contributed by atoms with Gasteiger partial charge in [0.2, 0.25) is 10.0 Å². The average Bonchev–Trinajstić information content (AvgIpc) is 2.90. The van der Waals surface area contributed by atoms with E-state index in [1.165, 1.54) is 38.5 Å². The van der Waals surface area contributed by atoms with E-state index in [0.29, 0.717) is 29.9 Å². The molecule has 1 aromatic carbocycles. The second-order valence-electron chi connectivity index (χ2n) is 7.26. The Hall–Kier alpha value is -0.910. The van der Waals surface area contributed by atoms with Crippen LogP contribution < -0.4 is 5.32 Å². The van der Waals surface area contributed by atoms with Gasteiger partial charge < -0.3 is 5.32 Å². The molecule has 2 aliphatic rings. The highest BCUT2D eigenvalue weighted by Gasteiger charge is 2.29. The third-order valence-electron chi connectivity index (χ3n) is 5.50. The molecule has 0 atom stereocenters. The molecule has 1 N–H and O–H groups in total. The van der Waals surface area contributed by atoms with Crippen LogP contribution in [0.4, 0.5) is 0 Å². The van der Waals surface area contributed by atoms with Gasteiger partial charge in [0.05, 0.1) is 4.90 Å². The topological polar surface area (TPSA) is 49.4 Å². The molecule has 1 saturated carbocycles. The Morgan fingerprint density at radius 3 is 2.17 bits per heavy atom. The summed E-state index contributed by atoms with van der Waals surface area (Å²) < 4.78 is 27.0. The summed E-state index contributed by atoms with van der Waals surface area (Å²) in [6.45, 7) is 2.34. The van der Waals surface area contributed by atoms with Gasteiger partial charge in [-0.1, -0.05) is 43.9 Å². The van der Waals surface area contributed by atoms with Crippen molar-refractivity contribution >= 4 is 10.0 Å². The number of nitrogens with one attached hydrogen (secondary N) is 1. The van der Waals surface area contributed by atoms with E-state index < -0.39 is 10.0 Å². The van der Waals surface area contributed by atoms with Crippen molar-refractivity contribution in [2.24, 2.45) is 5.92 Å². The maximum atomic E-state index is 12.6. The van der Waals surface area contributed by atoms with Crippen molar-refractivity contribution in [1.29, 1.82) is 0 Å². The van der Waals surface area contributed by atoms with Crippen molar-refractivity contribution in [1.82, 2.24) is 9.62 Å². The molecule has 0 aromatic heterocycles. The van der Waals surface area contributed by atoms with Gasteiger partial charge in [0.25, 0.3) is 0 Å². The number of piperidine rings is 1. The maximum absolute atomic E-state index is 12.6. The summed E-state index contributed by atoms with van der Waals surface area (Å²) in [4.78, 5) is 0.417. The van der Waals surface area contributed by atoms with Crippen molar-refractivity contribution in [3.05, 3.63) is 30.3 Å². The van der Waals surface area contributed by atoms with Crippen LogP contribution in [-0.2, 0) is 10.0 Å². The van der Waals surface area contributed by atoms with E-state index in [-0.39, 0.29) is 0 Å². The van der Waals surface area contributed by atoms with E-state index in [2.05, 4.69) is 5.32 Å². The Morgan fingerprint density at radius 1 is 0.917 bits per heavy atom. The van der Waals surface area contributed by atoms with E-state index in [9.17, 15) is 8.42 Å². The first-order valence-electron chi connectivity index (χ1n) is 9.45. The minimum Gasteiger partial charge on any atom is -0.314 e. The Bertz CT molecular complexity index is 587. The highest BCUT2D eigenvalue weighted by Crippen LogP contribution is 2.24. The maximum Gasteiger partial charge on any atom is 0.243 e. The van der Waals surface area contributed by atoms with Gasteiger partial charge >= 0.3 is 0 Å². The predicted molar refractivity (Wildman–Crippen MR) is 97.4 cm³/mol. The summed E-state index contributed by atoms with van der Waals surface area (Å²) >= 11 is 0. The quantitative estimate of drug-likeness (QED) is 0.828. The molecule has 0 bridgehead atoms. The number of hydrogen-bond donors (Lipinski definition) is 1. The van der Waals surface area contributed by atoms with Crippen molar-refractivity contribution in [3.63, 3.8) is 0 Å². The smallest absolute Gasteiger partial charge is 0.243 e. The first kappa shape index (κ1) is 17.9. The van der Waals surface area contributed by atoms with Gasteiger partial charge in [0.1, 0.15) is 0 Å². The van der Waals surface area contributed by atoms with Gasteiger partial charge in [-0.2, -0.15) is 4.31 Å². The Labute approximate surface area is 146 Å². The van der Waals surface area contributed by atoms with E-state index >= 15 is 0 Å². The second kappa shape index (κ2) is 8.45. The molecule has 24 heavy (non-hydrogen) atoms. The standard InChI is InChI=1S/C19H30N2O2S/c22-24(23,19-10-6-3-7-11-19)21-14-12-17(13-15-21)16-20-18-8-4-1-2-5-9-18/h3,6-7,10-11,17-18,20H,1-2,4-5,8-9,12-16H2. The van der Waals surface area contributed by atoms with E-state index in [0.717, 1.165) is 19.4 Å². The zero-order chi connectivity index (χ0) is 16.8. The molecule has 2 fully saturated rings. The minimum atomic E-state index is -3.31. The van der Waals surface area contributed by atoms with Gasteiger partial charge in [0.15, 0.2) is 0 Å². The van der Waals surface area contributed by atoms with Crippen molar-refractivity contribution in [2.75, 3.05) is 19.6 Å². The molecule has 1 aliphatic carbocycles. The SMILES string of the molecule is O=S(=O)(c1ccccc1)N1CCC(CNC2CCCCCC2)CC1. The zero-order valence-electron chi connectivity index (χ0n) is 14.5. The van der Waals surface area contributed by atoms with Gasteiger partial charge in [0, 0.05) is 19.1 Å². The van der Waals surface area contributed by atoms with Crippen molar-refractivity contribution < 1.29 is 8.42 Å². The van der Waals surface area contributed by atoms with Crippen molar-refractivity contribution in [3.8, 4) is 0 Å². The number of hydrogen-bond acceptors (Lipinski definition) is 3. The van der Waals surface area contributed by atoms with Gasteiger partial charge in [-0.05, 0) is 50.3 Å². The number of rotatable bonds is 5. The summed E-state index contributed by atoms with van der Waals surface area (Å²) in [5.41, 5.74) is 0. The molecule has 134 valence electrons. The number of nitrogens with zero attached hydrogens (tertiary/aromatic N) is 1. The lowest BCUT2D eigenvalue weighted by Gasteiger charge is -2.32. The molecule has 0 spiro atoms. The lowest BCUT2D eigenvalue weighted by atomic mass is 9.97. The molecule has 3 rings (SSSR count).